The number of nitrogens with one attached hydrogen (secondary N) is 1. The zero-order chi connectivity index (χ0) is 13.1. The number of carbonyl (C=O) groups excluding carboxylic acids is 1. The van der Waals surface area contributed by atoms with Crippen LogP contribution in [-0.4, -0.2) is 65.7 Å². The van der Waals surface area contributed by atoms with Gasteiger partial charge in [-0.15, -0.1) is 0 Å². The Labute approximate surface area is 107 Å². The van der Waals surface area contributed by atoms with E-state index in [0.29, 0.717) is 13.0 Å². The SMILES string of the molecule is CN(C(=O)[C@@H]1CCCN1C(=O)O)C1CCNCC1. The van der Waals surface area contributed by atoms with Crippen molar-refractivity contribution in [3.05, 3.63) is 0 Å². The van der Waals surface area contributed by atoms with Gasteiger partial charge in [0.25, 0.3) is 0 Å². The van der Waals surface area contributed by atoms with Gasteiger partial charge in [0.15, 0.2) is 0 Å². The lowest BCUT2D eigenvalue weighted by Crippen LogP contribution is -2.51. The molecule has 2 aliphatic heterocycles. The van der Waals surface area contributed by atoms with Gasteiger partial charge in [0.1, 0.15) is 6.04 Å². The minimum atomic E-state index is -0.982. The van der Waals surface area contributed by atoms with Crippen molar-refractivity contribution in [1.29, 1.82) is 0 Å². The van der Waals surface area contributed by atoms with E-state index in [1.165, 1.54) is 4.90 Å². The normalized spacial score (nSPS) is 25.2. The van der Waals surface area contributed by atoms with E-state index in [0.717, 1.165) is 32.4 Å². The van der Waals surface area contributed by atoms with E-state index in [2.05, 4.69) is 5.32 Å². The predicted octanol–water partition coefficient (Wildman–Crippen LogP) is 0.339. The largest absolute Gasteiger partial charge is 0.465 e. The fraction of sp³-hybridized carbons (Fsp3) is 0.833. The van der Waals surface area contributed by atoms with Gasteiger partial charge in [-0.3, -0.25) is 9.69 Å². The molecule has 2 fully saturated rings. The van der Waals surface area contributed by atoms with Gasteiger partial charge in [0.05, 0.1) is 0 Å². The number of hydrogen-bond acceptors (Lipinski definition) is 3. The predicted molar refractivity (Wildman–Crippen MR) is 66.4 cm³/mol. The maximum Gasteiger partial charge on any atom is 0.407 e. The van der Waals surface area contributed by atoms with Crippen molar-refractivity contribution in [2.45, 2.75) is 37.8 Å². The molecule has 0 aromatic rings. The Morgan fingerprint density at radius 1 is 1.28 bits per heavy atom. The summed E-state index contributed by atoms with van der Waals surface area (Å²) in [6, 6.07) is -0.225. The maximum absolute atomic E-state index is 12.4. The van der Waals surface area contributed by atoms with Crippen LogP contribution in [0.15, 0.2) is 0 Å². The summed E-state index contributed by atoms with van der Waals surface area (Å²) in [5.74, 6) is -0.0400. The molecule has 2 aliphatic rings. The van der Waals surface area contributed by atoms with E-state index in [1.807, 2.05) is 0 Å². The second-order valence-corrected chi connectivity index (χ2v) is 5.06. The van der Waals surface area contributed by atoms with Crippen molar-refractivity contribution in [3.8, 4) is 0 Å². The van der Waals surface area contributed by atoms with Crippen LogP contribution in [0.25, 0.3) is 0 Å². The Bertz CT molecular complexity index is 329. The lowest BCUT2D eigenvalue weighted by Gasteiger charge is -2.34. The molecule has 0 radical (unpaired) electrons. The van der Waals surface area contributed by atoms with Crippen LogP contribution in [0.3, 0.4) is 0 Å². The number of likely N-dealkylation sites (N-methyl/N-ethyl adjacent to an activating group) is 1. The van der Waals surface area contributed by atoms with E-state index >= 15 is 0 Å². The molecule has 102 valence electrons. The summed E-state index contributed by atoms with van der Waals surface area (Å²) in [4.78, 5) is 26.5. The minimum Gasteiger partial charge on any atom is -0.465 e. The van der Waals surface area contributed by atoms with Crippen LogP contribution < -0.4 is 5.32 Å². The first-order valence-electron chi connectivity index (χ1n) is 6.58. The molecule has 2 heterocycles. The third-order valence-corrected chi connectivity index (χ3v) is 3.99. The van der Waals surface area contributed by atoms with Crippen LogP contribution in [0.1, 0.15) is 25.7 Å². The van der Waals surface area contributed by atoms with Crippen molar-refractivity contribution in [2.24, 2.45) is 0 Å². The molecule has 0 aromatic heterocycles. The molecule has 18 heavy (non-hydrogen) atoms. The van der Waals surface area contributed by atoms with Crippen LogP contribution in [0.5, 0.6) is 0 Å². The summed E-state index contributed by atoms with van der Waals surface area (Å²) in [6.07, 6.45) is 2.34. The first-order chi connectivity index (χ1) is 8.61. The molecule has 0 unspecified atom stereocenters. The van der Waals surface area contributed by atoms with E-state index in [9.17, 15) is 9.59 Å². The Kier molecular flexibility index (Phi) is 4.06. The molecule has 2 saturated heterocycles. The summed E-state index contributed by atoms with van der Waals surface area (Å²) >= 11 is 0. The van der Waals surface area contributed by atoms with Crippen LogP contribution in [0.2, 0.25) is 0 Å². The minimum absolute atomic E-state index is 0.0400. The number of rotatable bonds is 2. The Morgan fingerprint density at radius 3 is 2.56 bits per heavy atom. The summed E-state index contributed by atoms with van der Waals surface area (Å²) in [7, 11) is 1.80. The van der Waals surface area contributed by atoms with Gasteiger partial charge >= 0.3 is 6.09 Å². The van der Waals surface area contributed by atoms with Gasteiger partial charge in [-0.1, -0.05) is 0 Å². The maximum atomic E-state index is 12.4. The second kappa shape index (κ2) is 5.56. The molecule has 0 saturated carbocycles. The van der Waals surface area contributed by atoms with Crippen molar-refractivity contribution < 1.29 is 14.7 Å². The molecule has 1 atom stereocenters. The average Bonchev–Trinajstić information content (AvgIpc) is 2.87. The number of hydrogen-bond donors (Lipinski definition) is 2. The van der Waals surface area contributed by atoms with Gasteiger partial charge in [-0.05, 0) is 38.8 Å². The zero-order valence-corrected chi connectivity index (χ0v) is 10.8. The third-order valence-electron chi connectivity index (χ3n) is 3.99. The standard InChI is InChI=1S/C12H21N3O3/c1-14(9-4-6-13-7-5-9)11(16)10-3-2-8-15(10)12(17)18/h9-10,13H,2-8H2,1H3,(H,17,18)/t10-/m0/s1. The van der Waals surface area contributed by atoms with E-state index in [1.54, 1.807) is 11.9 Å². The first-order valence-corrected chi connectivity index (χ1v) is 6.58. The van der Waals surface area contributed by atoms with E-state index in [4.69, 9.17) is 5.11 Å². The number of carboxylic acid groups (broad SMARTS) is 1. The van der Waals surface area contributed by atoms with Crippen molar-refractivity contribution in [1.82, 2.24) is 15.1 Å². The molecule has 0 bridgehead atoms. The number of carbonyl (C=O) groups is 2. The molecule has 2 rings (SSSR count). The van der Waals surface area contributed by atoms with Crippen LogP contribution in [0, 0.1) is 0 Å². The lowest BCUT2D eigenvalue weighted by molar-refractivity contribution is -0.136. The van der Waals surface area contributed by atoms with E-state index < -0.39 is 12.1 Å². The van der Waals surface area contributed by atoms with Gasteiger partial charge in [0, 0.05) is 19.6 Å². The molecule has 2 amide bonds. The fourth-order valence-electron chi connectivity index (χ4n) is 2.86. The first kappa shape index (κ1) is 13.1. The number of nitrogens with zero attached hydrogens (tertiary/aromatic N) is 2. The van der Waals surface area contributed by atoms with Crippen LogP contribution in [-0.2, 0) is 4.79 Å². The molecular formula is C12H21N3O3. The molecule has 6 nitrogen and oxygen atoms in total. The summed E-state index contributed by atoms with van der Waals surface area (Å²) in [5, 5.41) is 12.3. The topological polar surface area (TPSA) is 72.9 Å². The van der Waals surface area contributed by atoms with E-state index in [-0.39, 0.29) is 11.9 Å². The van der Waals surface area contributed by atoms with Crippen molar-refractivity contribution in [2.75, 3.05) is 26.7 Å². The molecule has 0 aliphatic carbocycles. The fourth-order valence-corrected chi connectivity index (χ4v) is 2.86. The molecular weight excluding hydrogens is 234 g/mol. The van der Waals surface area contributed by atoms with Crippen LogP contribution in [0.4, 0.5) is 4.79 Å². The number of amides is 2. The van der Waals surface area contributed by atoms with Crippen molar-refractivity contribution in [3.63, 3.8) is 0 Å². The highest BCUT2D eigenvalue weighted by Gasteiger charge is 2.37. The second-order valence-electron chi connectivity index (χ2n) is 5.06. The molecule has 0 spiro atoms. The van der Waals surface area contributed by atoms with Crippen LogP contribution >= 0.6 is 0 Å². The molecule has 0 aromatic carbocycles. The number of piperidine rings is 1. The summed E-state index contributed by atoms with van der Waals surface area (Å²) < 4.78 is 0. The van der Waals surface area contributed by atoms with Crippen molar-refractivity contribution >= 4 is 12.0 Å². The highest BCUT2D eigenvalue weighted by atomic mass is 16.4. The Morgan fingerprint density at radius 2 is 1.94 bits per heavy atom. The highest BCUT2D eigenvalue weighted by molar-refractivity contribution is 5.86. The highest BCUT2D eigenvalue weighted by Crippen LogP contribution is 2.21. The van der Waals surface area contributed by atoms with Gasteiger partial charge < -0.3 is 15.3 Å². The van der Waals surface area contributed by atoms with Gasteiger partial charge in [0.2, 0.25) is 5.91 Å². The third kappa shape index (κ3) is 2.58. The molecule has 6 heteroatoms. The summed E-state index contributed by atoms with van der Waals surface area (Å²) in [6.45, 7) is 2.33. The Hall–Kier alpha value is -1.30. The van der Waals surface area contributed by atoms with Gasteiger partial charge in [-0.25, -0.2) is 4.79 Å². The quantitative estimate of drug-likeness (QED) is 0.746. The monoisotopic (exact) mass is 255 g/mol. The molecule has 2 N–H and O–H groups in total. The lowest BCUT2D eigenvalue weighted by atomic mass is 10.0. The Balaban J connectivity index is 1.99. The summed E-state index contributed by atoms with van der Waals surface area (Å²) in [5.41, 5.74) is 0. The average molecular weight is 255 g/mol. The number of likely N-dealkylation sites (tertiary alicyclic amines) is 1. The smallest absolute Gasteiger partial charge is 0.407 e. The van der Waals surface area contributed by atoms with Gasteiger partial charge in [-0.2, -0.15) is 0 Å². The zero-order valence-electron chi connectivity index (χ0n) is 10.8.